The fourth-order valence-electron chi connectivity index (χ4n) is 2.30. The van der Waals surface area contributed by atoms with E-state index in [1.165, 1.54) is 12.1 Å². The molecular weight excluding hydrogens is 283 g/mol. The van der Waals surface area contributed by atoms with E-state index in [-0.39, 0.29) is 5.82 Å². The molecule has 0 saturated heterocycles. The molecule has 0 fully saturated rings. The first-order valence-electron chi connectivity index (χ1n) is 7.20. The first-order valence-corrected chi connectivity index (χ1v) is 7.20. The monoisotopic (exact) mass is 300 g/mol. The van der Waals surface area contributed by atoms with Crippen molar-refractivity contribution in [3.05, 3.63) is 60.2 Å². The molecule has 1 atom stereocenters. The third-order valence-electron chi connectivity index (χ3n) is 3.45. The molecule has 5 nitrogen and oxygen atoms in total. The molecule has 0 aliphatic heterocycles. The number of imidazole rings is 1. The first kappa shape index (κ1) is 14.5. The maximum Gasteiger partial charge on any atom is 0.153 e. The molecule has 0 radical (unpaired) electrons. The molecule has 22 heavy (non-hydrogen) atoms. The molecule has 114 valence electrons. The number of nitrogens with one attached hydrogen (secondary N) is 1. The van der Waals surface area contributed by atoms with Gasteiger partial charge in [0, 0.05) is 18.9 Å². The van der Waals surface area contributed by atoms with Crippen molar-refractivity contribution in [1.82, 2.24) is 14.6 Å². The van der Waals surface area contributed by atoms with Crippen LogP contribution in [0.5, 0.6) is 0 Å². The number of anilines is 1. The summed E-state index contributed by atoms with van der Waals surface area (Å²) in [5, 5.41) is 17.6. The van der Waals surface area contributed by atoms with Gasteiger partial charge in [0.1, 0.15) is 11.6 Å². The van der Waals surface area contributed by atoms with Crippen LogP contribution in [-0.2, 0) is 0 Å². The second-order valence-electron chi connectivity index (χ2n) is 5.09. The van der Waals surface area contributed by atoms with Gasteiger partial charge in [0.15, 0.2) is 5.65 Å². The number of rotatable bonds is 6. The van der Waals surface area contributed by atoms with Crippen molar-refractivity contribution in [1.29, 1.82) is 0 Å². The number of nitrogens with zero attached hydrogens (tertiary/aromatic N) is 3. The molecular formula is C16H17FN4O. The Kier molecular flexibility index (Phi) is 4.29. The van der Waals surface area contributed by atoms with Crippen LogP contribution in [0.2, 0.25) is 0 Å². The van der Waals surface area contributed by atoms with Crippen LogP contribution in [0.4, 0.5) is 10.2 Å². The van der Waals surface area contributed by atoms with E-state index >= 15 is 0 Å². The summed E-state index contributed by atoms with van der Waals surface area (Å²) in [6, 6.07) is 9.83. The van der Waals surface area contributed by atoms with Crippen LogP contribution < -0.4 is 5.32 Å². The van der Waals surface area contributed by atoms with Gasteiger partial charge in [-0.1, -0.05) is 12.1 Å². The molecule has 2 N–H and O–H groups in total. The minimum atomic E-state index is -0.651. The van der Waals surface area contributed by atoms with Crippen LogP contribution in [0.15, 0.2) is 48.8 Å². The predicted molar refractivity (Wildman–Crippen MR) is 82.1 cm³/mol. The molecule has 0 aliphatic rings. The van der Waals surface area contributed by atoms with Crippen molar-refractivity contribution in [2.45, 2.75) is 18.9 Å². The first-order chi connectivity index (χ1) is 10.7. The van der Waals surface area contributed by atoms with Gasteiger partial charge in [-0.15, -0.1) is 5.10 Å². The summed E-state index contributed by atoms with van der Waals surface area (Å²) in [5.74, 6) is 0.429. The van der Waals surface area contributed by atoms with Crippen molar-refractivity contribution in [2.75, 3.05) is 11.9 Å². The van der Waals surface area contributed by atoms with Gasteiger partial charge < -0.3 is 10.4 Å². The third-order valence-corrected chi connectivity index (χ3v) is 3.45. The lowest BCUT2D eigenvalue weighted by Gasteiger charge is -2.11. The Balaban J connectivity index is 1.48. The van der Waals surface area contributed by atoms with Gasteiger partial charge >= 0.3 is 0 Å². The van der Waals surface area contributed by atoms with Gasteiger partial charge in [-0.2, -0.15) is 0 Å². The Labute approximate surface area is 127 Å². The molecule has 0 saturated carbocycles. The second kappa shape index (κ2) is 6.53. The van der Waals surface area contributed by atoms with E-state index < -0.39 is 6.10 Å². The number of fused-ring (bicyclic) bond motifs is 1. The molecule has 3 aromatic rings. The topological polar surface area (TPSA) is 62.5 Å². The Morgan fingerprint density at radius 2 is 2.18 bits per heavy atom. The summed E-state index contributed by atoms with van der Waals surface area (Å²) in [7, 11) is 0. The molecule has 0 bridgehead atoms. The van der Waals surface area contributed by atoms with E-state index in [0.29, 0.717) is 18.5 Å². The largest absolute Gasteiger partial charge is 0.388 e. The molecule has 3 rings (SSSR count). The standard InChI is InChI=1S/C16H17FN4O/c17-13-4-1-3-12(11-13)14(22)5-2-8-18-15-6-7-16-19-9-10-21(16)20-15/h1,3-4,6-7,9-11,14,22H,2,5,8H2,(H,18,20). The van der Waals surface area contributed by atoms with Gasteiger partial charge in [0.25, 0.3) is 0 Å². The zero-order valence-electron chi connectivity index (χ0n) is 12.0. The van der Waals surface area contributed by atoms with E-state index in [9.17, 15) is 9.50 Å². The summed E-state index contributed by atoms with van der Waals surface area (Å²) >= 11 is 0. The Morgan fingerprint density at radius 1 is 1.27 bits per heavy atom. The number of hydrogen-bond donors (Lipinski definition) is 2. The third kappa shape index (κ3) is 3.40. The zero-order chi connectivity index (χ0) is 15.4. The van der Waals surface area contributed by atoms with Gasteiger partial charge in [-0.25, -0.2) is 13.9 Å². The van der Waals surface area contributed by atoms with E-state index in [0.717, 1.165) is 17.9 Å². The summed E-state index contributed by atoms with van der Waals surface area (Å²) in [5.41, 5.74) is 1.41. The number of aliphatic hydroxyl groups excluding tert-OH is 1. The molecule has 0 amide bonds. The van der Waals surface area contributed by atoms with Crippen molar-refractivity contribution >= 4 is 11.5 Å². The lowest BCUT2D eigenvalue weighted by atomic mass is 10.0. The lowest BCUT2D eigenvalue weighted by molar-refractivity contribution is 0.165. The van der Waals surface area contributed by atoms with Crippen LogP contribution in [0.1, 0.15) is 24.5 Å². The molecule has 0 spiro atoms. The fourth-order valence-corrected chi connectivity index (χ4v) is 2.30. The maximum atomic E-state index is 13.1. The Bertz CT molecular complexity index is 758. The van der Waals surface area contributed by atoms with Crippen molar-refractivity contribution in [3.8, 4) is 0 Å². The minimum absolute atomic E-state index is 0.326. The molecule has 6 heteroatoms. The van der Waals surface area contributed by atoms with Crippen molar-refractivity contribution in [3.63, 3.8) is 0 Å². The highest BCUT2D eigenvalue weighted by Crippen LogP contribution is 2.19. The highest BCUT2D eigenvalue weighted by Gasteiger charge is 2.08. The van der Waals surface area contributed by atoms with Crippen molar-refractivity contribution in [2.24, 2.45) is 0 Å². The van der Waals surface area contributed by atoms with E-state index in [4.69, 9.17) is 0 Å². The summed E-state index contributed by atoms with van der Waals surface area (Å²) in [6.45, 7) is 0.680. The highest BCUT2D eigenvalue weighted by atomic mass is 19.1. The number of aliphatic hydroxyl groups is 1. The van der Waals surface area contributed by atoms with Gasteiger partial charge in [0.2, 0.25) is 0 Å². The Morgan fingerprint density at radius 3 is 3.05 bits per heavy atom. The maximum absolute atomic E-state index is 13.1. The number of halogens is 1. The molecule has 0 aliphatic carbocycles. The summed E-state index contributed by atoms with van der Waals surface area (Å²) in [6.07, 6.45) is 4.14. The number of benzene rings is 1. The van der Waals surface area contributed by atoms with Crippen LogP contribution in [0, 0.1) is 5.82 Å². The molecule has 1 aromatic carbocycles. The second-order valence-corrected chi connectivity index (χ2v) is 5.09. The van der Waals surface area contributed by atoms with Gasteiger partial charge in [-0.3, -0.25) is 0 Å². The van der Waals surface area contributed by atoms with Crippen LogP contribution in [0.25, 0.3) is 5.65 Å². The van der Waals surface area contributed by atoms with Crippen molar-refractivity contribution < 1.29 is 9.50 Å². The van der Waals surface area contributed by atoms with Gasteiger partial charge in [-0.05, 0) is 42.7 Å². The van der Waals surface area contributed by atoms with E-state index in [2.05, 4.69) is 15.4 Å². The van der Waals surface area contributed by atoms with E-state index in [1.54, 1.807) is 29.0 Å². The van der Waals surface area contributed by atoms with E-state index in [1.807, 2.05) is 12.1 Å². The quantitative estimate of drug-likeness (QED) is 0.687. The minimum Gasteiger partial charge on any atom is -0.388 e. The summed E-state index contributed by atoms with van der Waals surface area (Å²) < 4.78 is 14.8. The Hall–Kier alpha value is -2.47. The molecule has 2 heterocycles. The van der Waals surface area contributed by atoms with Crippen LogP contribution in [-0.4, -0.2) is 26.2 Å². The normalized spacial score (nSPS) is 12.5. The zero-order valence-corrected chi connectivity index (χ0v) is 12.0. The van der Waals surface area contributed by atoms with Crippen LogP contribution >= 0.6 is 0 Å². The number of hydrogen-bond acceptors (Lipinski definition) is 4. The average Bonchev–Trinajstić information content (AvgIpc) is 2.99. The predicted octanol–water partition coefficient (Wildman–Crippen LogP) is 2.79. The summed E-state index contributed by atoms with van der Waals surface area (Å²) in [4.78, 5) is 4.13. The molecule has 2 aromatic heterocycles. The SMILES string of the molecule is OC(CCCNc1ccc2nccn2n1)c1cccc(F)c1. The number of aromatic nitrogens is 3. The highest BCUT2D eigenvalue weighted by molar-refractivity contribution is 5.43. The fraction of sp³-hybridized carbons (Fsp3) is 0.250. The molecule has 1 unspecified atom stereocenters. The lowest BCUT2D eigenvalue weighted by Crippen LogP contribution is -2.07. The average molecular weight is 300 g/mol. The van der Waals surface area contributed by atoms with Gasteiger partial charge in [0.05, 0.1) is 6.10 Å². The van der Waals surface area contributed by atoms with Crippen LogP contribution in [0.3, 0.4) is 0 Å². The smallest absolute Gasteiger partial charge is 0.153 e.